The number of rotatable bonds is 9. The van der Waals surface area contributed by atoms with E-state index in [0.717, 1.165) is 18.5 Å². The van der Waals surface area contributed by atoms with Crippen LogP contribution in [0.3, 0.4) is 0 Å². The van der Waals surface area contributed by atoms with Gasteiger partial charge in [0.05, 0.1) is 47.0 Å². The Labute approximate surface area is 291 Å². The van der Waals surface area contributed by atoms with Crippen molar-refractivity contribution in [3.8, 4) is 12.1 Å². The summed E-state index contributed by atoms with van der Waals surface area (Å²) in [6.07, 6.45) is -4.54. The van der Waals surface area contributed by atoms with Crippen molar-refractivity contribution in [3.05, 3.63) is 40.0 Å². The smallest absolute Gasteiger partial charge is 0.419 e. The van der Waals surface area contributed by atoms with Crippen molar-refractivity contribution in [1.29, 1.82) is 5.26 Å². The molecule has 3 aliphatic heterocycles. The van der Waals surface area contributed by atoms with Crippen molar-refractivity contribution in [1.82, 2.24) is 20.2 Å². The van der Waals surface area contributed by atoms with Gasteiger partial charge in [-0.3, -0.25) is 0 Å². The summed E-state index contributed by atoms with van der Waals surface area (Å²) in [5, 5.41) is 22.4. The average Bonchev–Trinajstić information content (AvgIpc) is 3.49. The second kappa shape index (κ2) is 14.5. The van der Waals surface area contributed by atoms with Gasteiger partial charge in [-0.1, -0.05) is 38.4 Å². The van der Waals surface area contributed by atoms with Gasteiger partial charge in [0.1, 0.15) is 12.4 Å². The number of hydrogen-bond acceptors (Lipinski definition) is 9. The molecule has 11 nitrogen and oxygen atoms in total. The lowest BCUT2D eigenvalue weighted by Gasteiger charge is -2.41. The second-order valence-corrected chi connectivity index (χ2v) is 19.8. The normalized spacial score (nSPS) is 21.8. The maximum atomic E-state index is 14.1. The first-order valence-electron chi connectivity index (χ1n) is 16.6. The summed E-state index contributed by atoms with van der Waals surface area (Å²) in [5.41, 5.74) is 0.366. The maximum absolute atomic E-state index is 14.1. The van der Waals surface area contributed by atoms with Crippen LogP contribution in [0.2, 0.25) is 23.2 Å². The molecule has 4 heterocycles. The number of nitrogens with one attached hydrogen (secondary N) is 1. The standard InChI is InChI=1S/C33H45ClF3N7O4Si/c1-32(2,3)49(4,5)48-19-21-15-22(39-16-21)20-47-30-40-26-18-42(27-8-6-7-25(34)28(27)33(35,36)37)12-10-24(26)29(41-30)43-13-14-44(31(45)46)23(17-43)9-11-38/h6-8,21-23,39H,9-10,12-20H2,1-5H3,(H,45,46)/t21-,22+,23+/m1/s1. The van der Waals surface area contributed by atoms with Gasteiger partial charge in [-0.05, 0) is 49.0 Å². The SMILES string of the molecule is CC(C)(C)[Si](C)(C)OC[C@H]1CN[C@H](COc2nc3c(c(N4CCN(C(=O)O)[C@@H](CC#N)C4)n2)CCN(c2cccc(Cl)c2C(F)(F)F)C3)C1. The third-order valence-electron chi connectivity index (χ3n) is 10.2. The fourth-order valence-corrected chi connectivity index (χ4v) is 7.79. The number of anilines is 2. The summed E-state index contributed by atoms with van der Waals surface area (Å²) >= 11 is 6.05. The van der Waals surface area contributed by atoms with Crippen LogP contribution >= 0.6 is 11.6 Å². The van der Waals surface area contributed by atoms with Crippen molar-refractivity contribution in [2.45, 2.75) is 83.0 Å². The lowest BCUT2D eigenvalue weighted by molar-refractivity contribution is -0.137. The zero-order chi connectivity index (χ0) is 35.7. The van der Waals surface area contributed by atoms with Gasteiger partial charge in [0, 0.05) is 50.9 Å². The first-order chi connectivity index (χ1) is 23.0. The molecule has 16 heteroatoms. The number of carboxylic acid groups (broad SMARTS) is 1. The van der Waals surface area contributed by atoms with Crippen molar-refractivity contribution in [2.24, 2.45) is 5.92 Å². The molecule has 5 rings (SSSR count). The van der Waals surface area contributed by atoms with Crippen LogP contribution in [0.25, 0.3) is 0 Å². The molecule has 1 amide bonds. The molecule has 3 atom stereocenters. The molecule has 3 aliphatic rings. The van der Waals surface area contributed by atoms with Crippen LogP contribution in [0.5, 0.6) is 6.01 Å². The number of fused-ring (bicyclic) bond motifs is 1. The van der Waals surface area contributed by atoms with E-state index in [9.17, 15) is 28.3 Å². The van der Waals surface area contributed by atoms with Gasteiger partial charge in [-0.25, -0.2) is 4.79 Å². The highest BCUT2D eigenvalue weighted by Gasteiger charge is 2.40. The van der Waals surface area contributed by atoms with Crippen molar-refractivity contribution >= 4 is 37.5 Å². The molecule has 0 unspecified atom stereocenters. The number of amides is 1. The van der Waals surface area contributed by atoms with Gasteiger partial charge in [0.25, 0.3) is 0 Å². The van der Waals surface area contributed by atoms with E-state index < -0.39 is 32.2 Å². The third kappa shape index (κ3) is 8.36. The van der Waals surface area contributed by atoms with Crippen LogP contribution in [0.15, 0.2) is 18.2 Å². The monoisotopic (exact) mass is 723 g/mol. The fraction of sp³-hybridized carbons (Fsp3) is 0.636. The first-order valence-corrected chi connectivity index (χ1v) is 19.9. The zero-order valence-electron chi connectivity index (χ0n) is 28.6. The molecule has 0 radical (unpaired) electrons. The van der Waals surface area contributed by atoms with Crippen LogP contribution in [-0.2, 0) is 23.6 Å². The predicted molar refractivity (Wildman–Crippen MR) is 183 cm³/mol. The van der Waals surface area contributed by atoms with E-state index in [1.165, 1.54) is 23.1 Å². The molecule has 0 saturated carbocycles. The number of ether oxygens (including phenoxy) is 1. The van der Waals surface area contributed by atoms with Gasteiger partial charge < -0.3 is 34.3 Å². The number of hydrogen-bond donors (Lipinski definition) is 2. The van der Waals surface area contributed by atoms with Crippen LogP contribution < -0.4 is 19.9 Å². The Morgan fingerprint density at radius 3 is 2.59 bits per heavy atom. The highest BCUT2D eigenvalue weighted by Crippen LogP contribution is 2.43. The Morgan fingerprint density at radius 2 is 1.92 bits per heavy atom. The maximum Gasteiger partial charge on any atom is 0.419 e. The number of aromatic nitrogens is 2. The Morgan fingerprint density at radius 1 is 1.16 bits per heavy atom. The van der Waals surface area contributed by atoms with Crippen LogP contribution in [0, 0.1) is 17.2 Å². The van der Waals surface area contributed by atoms with E-state index in [0.29, 0.717) is 37.0 Å². The lowest BCUT2D eigenvalue weighted by atomic mass is 10.0. The van der Waals surface area contributed by atoms with Gasteiger partial charge >= 0.3 is 18.3 Å². The van der Waals surface area contributed by atoms with Crippen molar-refractivity contribution in [3.63, 3.8) is 0 Å². The van der Waals surface area contributed by atoms with E-state index in [2.05, 4.69) is 45.3 Å². The summed E-state index contributed by atoms with van der Waals surface area (Å²) in [7, 11) is -1.88. The lowest BCUT2D eigenvalue weighted by Crippen LogP contribution is -2.55. The van der Waals surface area contributed by atoms with Crippen molar-refractivity contribution in [2.75, 3.05) is 55.7 Å². The molecule has 2 fully saturated rings. The molecule has 1 aromatic heterocycles. The Kier molecular flexibility index (Phi) is 10.9. The quantitative estimate of drug-likeness (QED) is 0.290. The number of benzene rings is 1. The zero-order valence-corrected chi connectivity index (χ0v) is 30.4. The Bertz CT molecular complexity index is 1570. The van der Waals surface area contributed by atoms with Gasteiger partial charge in [-0.2, -0.15) is 28.4 Å². The summed E-state index contributed by atoms with van der Waals surface area (Å²) < 4.78 is 55.0. The Balaban J connectivity index is 1.38. The third-order valence-corrected chi connectivity index (χ3v) is 15.0. The van der Waals surface area contributed by atoms with Crippen LogP contribution in [0.4, 0.5) is 29.5 Å². The second-order valence-electron chi connectivity index (χ2n) is 14.6. The van der Waals surface area contributed by atoms with Crippen molar-refractivity contribution < 1.29 is 32.2 Å². The molecule has 268 valence electrons. The molecule has 2 saturated heterocycles. The number of nitrogens with zero attached hydrogens (tertiary/aromatic N) is 6. The molecular weight excluding hydrogens is 679 g/mol. The van der Waals surface area contributed by atoms with E-state index in [1.54, 1.807) is 4.90 Å². The predicted octanol–water partition coefficient (Wildman–Crippen LogP) is 6.17. The minimum absolute atomic E-state index is 0.00977. The van der Waals surface area contributed by atoms with E-state index in [-0.39, 0.29) is 67.0 Å². The molecule has 0 aliphatic carbocycles. The minimum Gasteiger partial charge on any atom is -0.465 e. The topological polar surface area (TPSA) is 127 Å². The minimum atomic E-state index is -4.65. The van der Waals surface area contributed by atoms with E-state index in [1.807, 2.05) is 4.90 Å². The highest BCUT2D eigenvalue weighted by molar-refractivity contribution is 6.74. The summed E-state index contributed by atoms with van der Waals surface area (Å²) in [6, 6.07) is 5.78. The number of halogens is 4. The summed E-state index contributed by atoms with van der Waals surface area (Å²) in [6.45, 7) is 13.9. The molecular formula is C33H45ClF3N7O4Si. The molecule has 49 heavy (non-hydrogen) atoms. The largest absolute Gasteiger partial charge is 0.465 e. The highest BCUT2D eigenvalue weighted by atomic mass is 35.5. The number of carbonyl (C=O) groups is 1. The van der Waals surface area contributed by atoms with Gasteiger partial charge in [-0.15, -0.1) is 0 Å². The summed E-state index contributed by atoms with van der Waals surface area (Å²) in [5.74, 6) is 0.884. The fourth-order valence-electron chi connectivity index (χ4n) is 6.43. The number of nitriles is 1. The number of alkyl halides is 3. The van der Waals surface area contributed by atoms with Gasteiger partial charge in [0.2, 0.25) is 0 Å². The van der Waals surface area contributed by atoms with E-state index in [4.69, 9.17) is 30.7 Å². The average molecular weight is 724 g/mol. The molecule has 1 aromatic carbocycles. The van der Waals surface area contributed by atoms with Crippen LogP contribution in [-0.4, -0.2) is 92.4 Å². The van der Waals surface area contributed by atoms with Gasteiger partial charge in [0.15, 0.2) is 8.32 Å². The Hall–Kier alpha value is -3.32. The van der Waals surface area contributed by atoms with Crippen LogP contribution in [0.1, 0.15) is 50.4 Å². The molecule has 0 bridgehead atoms. The molecule has 2 N–H and O–H groups in total. The summed E-state index contributed by atoms with van der Waals surface area (Å²) in [4.78, 5) is 26.2. The molecule has 2 aromatic rings. The van der Waals surface area contributed by atoms with E-state index >= 15 is 0 Å². The molecule has 0 spiro atoms. The first kappa shape index (κ1) is 36.9. The number of piperazine rings is 1.